The van der Waals surface area contributed by atoms with Gasteiger partial charge in [-0.05, 0) is 57.0 Å². The fourth-order valence-electron chi connectivity index (χ4n) is 2.68. The van der Waals surface area contributed by atoms with Crippen molar-refractivity contribution in [2.75, 3.05) is 19.0 Å². The van der Waals surface area contributed by atoms with Gasteiger partial charge in [0.2, 0.25) is 10.0 Å². The summed E-state index contributed by atoms with van der Waals surface area (Å²) in [4.78, 5) is 2.52. The molecular formula is C14H23N3O2S. The number of nitrogens with zero attached hydrogens (tertiary/aromatic N) is 1. The highest BCUT2D eigenvalue weighted by Crippen LogP contribution is 2.26. The summed E-state index contributed by atoms with van der Waals surface area (Å²) in [6, 6.07) is 7.83. The number of nitrogens with one attached hydrogen (secondary N) is 1. The van der Waals surface area contributed by atoms with Crippen molar-refractivity contribution in [3.8, 4) is 0 Å². The van der Waals surface area contributed by atoms with Gasteiger partial charge < -0.3 is 10.6 Å². The smallest absolute Gasteiger partial charge is 0.240 e. The van der Waals surface area contributed by atoms with Crippen LogP contribution in [0.25, 0.3) is 0 Å². The number of hydrogen-bond acceptors (Lipinski definition) is 4. The van der Waals surface area contributed by atoms with E-state index in [-0.39, 0.29) is 0 Å². The number of sulfonamides is 1. The Labute approximate surface area is 121 Å². The van der Waals surface area contributed by atoms with Crippen LogP contribution in [0.5, 0.6) is 0 Å². The van der Waals surface area contributed by atoms with Crippen LogP contribution < -0.4 is 15.4 Å². The summed E-state index contributed by atoms with van der Waals surface area (Å²) >= 11 is 0. The van der Waals surface area contributed by atoms with Crippen molar-refractivity contribution in [2.24, 2.45) is 5.73 Å². The van der Waals surface area contributed by atoms with Crippen LogP contribution in [0, 0.1) is 0 Å². The van der Waals surface area contributed by atoms with E-state index in [4.69, 9.17) is 5.73 Å². The molecule has 0 aliphatic heterocycles. The second-order valence-electron chi connectivity index (χ2n) is 5.38. The predicted molar refractivity (Wildman–Crippen MR) is 81.3 cm³/mol. The van der Waals surface area contributed by atoms with E-state index in [1.165, 1.54) is 7.05 Å². The van der Waals surface area contributed by atoms with Crippen LogP contribution in [-0.2, 0) is 10.0 Å². The second kappa shape index (κ2) is 6.11. The van der Waals surface area contributed by atoms with Crippen molar-refractivity contribution in [3.05, 3.63) is 24.3 Å². The Morgan fingerprint density at radius 2 is 1.70 bits per heavy atom. The molecule has 1 aromatic carbocycles. The van der Waals surface area contributed by atoms with Crippen molar-refractivity contribution in [1.82, 2.24) is 4.72 Å². The molecule has 0 heterocycles. The maximum absolute atomic E-state index is 11.7. The van der Waals surface area contributed by atoms with E-state index in [1.807, 2.05) is 12.1 Å². The molecule has 0 radical (unpaired) electrons. The van der Waals surface area contributed by atoms with Gasteiger partial charge in [-0.3, -0.25) is 0 Å². The fourth-order valence-corrected chi connectivity index (χ4v) is 3.41. The van der Waals surface area contributed by atoms with Gasteiger partial charge in [-0.1, -0.05) is 0 Å². The molecule has 1 saturated carbocycles. The molecule has 6 heteroatoms. The molecule has 0 amide bonds. The zero-order valence-electron chi connectivity index (χ0n) is 12.0. The third-order valence-electron chi connectivity index (χ3n) is 4.11. The third-order valence-corrected chi connectivity index (χ3v) is 5.54. The van der Waals surface area contributed by atoms with Crippen molar-refractivity contribution in [1.29, 1.82) is 0 Å². The van der Waals surface area contributed by atoms with Gasteiger partial charge in [0.15, 0.2) is 0 Å². The molecule has 0 atom stereocenters. The largest absolute Gasteiger partial charge is 0.372 e. The lowest BCUT2D eigenvalue weighted by Crippen LogP contribution is -2.38. The zero-order chi connectivity index (χ0) is 14.8. The van der Waals surface area contributed by atoms with Gasteiger partial charge in [-0.15, -0.1) is 0 Å². The molecule has 1 aliphatic rings. The maximum Gasteiger partial charge on any atom is 0.240 e. The van der Waals surface area contributed by atoms with Crippen LogP contribution in [0.1, 0.15) is 25.7 Å². The summed E-state index contributed by atoms with van der Waals surface area (Å²) in [6.07, 6.45) is 4.30. The average Bonchev–Trinajstić information content (AvgIpc) is 2.47. The Kier molecular flexibility index (Phi) is 4.67. The average molecular weight is 297 g/mol. The molecule has 0 bridgehead atoms. The Morgan fingerprint density at radius 3 is 2.20 bits per heavy atom. The van der Waals surface area contributed by atoms with Crippen LogP contribution in [0.2, 0.25) is 0 Å². The Bertz CT molecular complexity index is 534. The van der Waals surface area contributed by atoms with Crippen molar-refractivity contribution < 1.29 is 8.42 Å². The summed E-state index contributed by atoms with van der Waals surface area (Å²) in [5.41, 5.74) is 6.97. The Hall–Kier alpha value is -1.11. The molecule has 1 aromatic rings. The minimum absolute atomic E-state index is 0.294. The molecule has 0 aromatic heterocycles. The fraction of sp³-hybridized carbons (Fsp3) is 0.571. The summed E-state index contributed by atoms with van der Waals surface area (Å²) in [5.74, 6) is 0. The number of benzene rings is 1. The quantitative estimate of drug-likeness (QED) is 0.878. The van der Waals surface area contributed by atoms with Gasteiger partial charge in [0, 0.05) is 24.8 Å². The summed E-state index contributed by atoms with van der Waals surface area (Å²) in [7, 11) is 0.118. The van der Waals surface area contributed by atoms with E-state index in [9.17, 15) is 8.42 Å². The van der Waals surface area contributed by atoms with Crippen molar-refractivity contribution in [2.45, 2.75) is 42.7 Å². The SMILES string of the molecule is CNS(=O)(=O)c1ccc(N(C)C2CCC(N)CC2)cc1. The van der Waals surface area contributed by atoms with Crippen LogP contribution >= 0.6 is 0 Å². The minimum atomic E-state index is -3.36. The van der Waals surface area contributed by atoms with Crippen molar-refractivity contribution in [3.63, 3.8) is 0 Å². The molecule has 0 unspecified atom stereocenters. The highest BCUT2D eigenvalue weighted by molar-refractivity contribution is 7.89. The Morgan fingerprint density at radius 1 is 1.15 bits per heavy atom. The van der Waals surface area contributed by atoms with E-state index < -0.39 is 10.0 Å². The van der Waals surface area contributed by atoms with Gasteiger partial charge in [-0.2, -0.15) is 0 Å². The molecule has 2 rings (SSSR count). The van der Waals surface area contributed by atoms with E-state index in [1.54, 1.807) is 12.1 Å². The number of rotatable bonds is 4. The molecule has 112 valence electrons. The highest BCUT2D eigenvalue weighted by Gasteiger charge is 2.22. The molecule has 20 heavy (non-hydrogen) atoms. The van der Waals surface area contributed by atoms with E-state index in [0.29, 0.717) is 17.0 Å². The second-order valence-corrected chi connectivity index (χ2v) is 7.27. The molecular weight excluding hydrogens is 274 g/mol. The van der Waals surface area contributed by atoms with E-state index in [2.05, 4.69) is 16.7 Å². The van der Waals surface area contributed by atoms with Crippen LogP contribution in [0.3, 0.4) is 0 Å². The molecule has 3 N–H and O–H groups in total. The van der Waals surface area contributed by atoms with Gasteiger partial charge in [0.05, 0.1) is 4.90 Å². The first-order valence-electron chi connectivity index (χ1n) is 6.96. The highest BCUT2D eigenvalue weighted by atomic mass is 32.2. The molecule has 0 spiro atoms. The standard InChI is InChI=1S/C14H23N3O2S/c1-16-20(18,19)14-9-7-13(8-10-14)17(2)12-5-3-11(15)4-6-12/h7-12,16H,3-6,15H2,1-2H3. The molecule has 1 aliphatic carbocycles. The number of hydrogen-bond donors (Lipinski definition) is 2. The molecule has 1 fully saturated rings. The summed E-state index contributed by atoms with van der Waals surface area (Å²) in [6.45, 7) is 0. The maximum atomic E-state index is 11.7. The monoisotopic (exact) mass is 297 g/mol. The van der Waals surface area contributed by atoms with Crippen LogP contribution in [0.15, 0.2) is 29.2 Å². The lowest BCUT2D eigenvalue weighted by molar-refractivity contribution is 0.385. The molecule has 0 saturated heterocycles. The first kappa shape index (κ1) is 15.3. The minimum Gasteiger partial charge on any atom is -0.372 e. The van der Waals surface area contributed by atoms with E-state index in [0.717, 1.165) is 31.4 Å². The van der Waals surface area contributed by atoms with Gasteiger partial charge in [-0.25, -0.2) is 13.1 Å². The van der Waals surface area contributed by atoms with Gasteiger partial charge in [0.25, 0.3) is 0 Å². The summed E-state index contributed by atoms with van der Waals surface area (Å²) < 4.78 is 25.7. The van der Waals surface area contributed by atoms with Gasteiger partial charge in [0.1, 0.15) is 0 Å². The summed E-state index contributed by atoms with van der Waals surface area (Å²) in [5, 5.41) is 0. The molecule has 5 nitrogen and oxygen atoms in total. The van der Waals surface area contributed by atoms with Crippen LogP contribution in [-0.4, -0.2) is 34.6 Å². The van der Waals surface area contributed by atoms with E-state index >= 15 is 0 Å². The van der Waals surface area contributed by atoms with Gasteiger partial charge >= 0.3 is 0 Å². The lowest BCUT2D eigenvalue weighted by Gasteiger charge is -2.35. The Balaban J connectivity index is 2.10. The predicted octanol–water partition coefficient (Wildman–Crippen LogP) is 1.30. The zero-order valence-corrected chi connectivity index (χ0v) is 12.9. The number of nitrogens with two attached hydrogens (primary N) is 1. The lowest BCUT2D eigenvalue weighted by atomic mass is 9.91. The first-order valence-corrected chi connectivity index (χ1v) is 8.44. The topological polar surface area (TPSA) is 75.4 Å². The third kappa shape index (κ3) is 3.31. The number of anilines is 1. The normalized spacial score (nSPS) is 23.6. The first-order chi connectivity index (χ1) is 9.44. The van der Waals surface area contributed by atoms with Crippen LogP contribution in [0.4, 0.5) is 5.69 Å². The van der Waals surface area contributed by atoms with Crippen molar-refractivity contribution >= 4 is 15.7 Å².